The van der Waals surface area contributed by atoms with E-state index in [-0.39, 0.29) is 11.9 Å². The molecule has 0 aliphatic carbocycles. The molecule has 0 radical (unpaired) electrons. The first kappa shape index (κ1) is 14.2. The fourth-order valence-electron chi connectivity index (χ4n) is 2.18. The molecule has 1 heterocycles. The van der Waals surface area contributed by atoms with Crippen LogP contribution in [0, 0.1) is 6.92 Å². The Balaban J connectivity index is 2.16. The van der Waals surface area contributed by atoms with E-state index < -0.39 is 0 Å². The fourth-order valence-corrected chi connectivity index (χ4v) is 2.18. The van der Waals surface area contributed by atoms with Gasteiger partial charge in [0.1, 0.15) is 5.75 Å². The van der Waals surface area contributed by atoms with E-state index in [1.54, 1.807) is 19.2 Å². The van der Waals surface area contributed by atoms with Crippen molar-refractivity contribution < 1.29 is 13.9 Å². The van der Waals surface area contributed by atoms with Crippen LogP contribution in [0.5, 0.6) is 5.75 Å². The van der Waals surface area contributed by atoms with Crippen molar-refractivity contribution in [3.8, 4) is 5.75 Å². The molecule has 0 saturated carbocycles. The summed E-state index contributed by atoms with van der Waals surface area (Å²) in [6, 6.07) is 9.25. The van der Waals surface area contributed by atoms with Crippen molar-refractivity contribution in [3.63, 3.8) is 0 Å². The number of methoxy groups -OCH3 is 1. The molecule has 1 aromatic carbocycles. The molecule has 20 heavy (non-hydrogen) atoms. The van der Waals surface area contributed by atoms with Crippen LogP contribution >= 0.6 is 0 Å². The highest BCUT2D eigenvalue weighted by molar-refractivity contribution is 5.91. The van der Waals surface area contributed by atoms with Gasteiger partial charge in [-0.1, -0.05) is 19.1 Å². The molecule has 1 N–H and O–H groups in total. The molecule has 0 saturated heterocycles. The van der Waals surface area contributed by atoms with Crippen molar-refractivity contribution in [1.29, 1.82) is 0 Å². The predicted octanol–water partition coefficient (Wildman–Crippen LogP) is 3.48. The van der Waals surface area contributed by atoms with Crippen molar-refractivity contribution in [2.45, 2.75) is 26.3 Å². The molecule has 1 atom stereocenters. The van der Waals surface area contributed by atoms with Gasteiger partial charge in [-0.2, -0.15) is 0 Å². The van der Waals surface area contributed by atoms with Crippen molar-refractivity contribution in [1.82, 2.24) is 5.32 Å². The number of nitrogens with one attached hydrogen (secondary N) is 1. The van der Waals surface area contributed by atoms with Gasteiger partial charge in [0.25, 0.3) is 5.91 Å². The quantitative estimate of drug-likeness (QED) is 0.907. The van der Waals surface area contributed by atoms with Gasteiger partial charge < -0.3 is 14.5 Å². The number of amides is 1. The first-order valence-electron chi connectivity index (χ1n) is 6.64. The third-order valence-electron chi connectivity index (χ3n) is 3.28. The predicted molar refractivity (Wildman–Crippen MR) is 76.9 cm³/mol. The lowest BCUT2D eigenvalue weighted by atomic mass is 10.0. The van der Waals surface area contributed by atoms with Crippen LogP contribution in [0.2, 0.25) is 0 Å². The minimum atomic E-state index is -0.199. The van der Waals surface area contributed by atoms with E-state index in [9.17, 15) is 4.79 Å². The zero-order chi connectivity index (χ0) is 14.5. The van der Waals surface area contributed by atoms with Crippen LogP contribution in [0.4, 0.5) is 0 Å². The average molecular weight is 273 g/mol. The first-order valence-corrected chi connectivity index (χ1v) is 6.64. The number of hydrogen-bond donors (Lipinski definition) is 1. The zero-order valence-electron chi connectivity index (χ0n) is 12.0. The number of hydrogen-bond acceptors (Lipinski definition) is 3. The first-order chi connectivity index (χ1) is 9.65. The molecule has 0 aliphatic rings. The minimum Gasteiger partial charge on any atom is -0.496 e. The van der Waals surface area contributed by atoms with Crippen LogP contribution < -0.4 is 10.1 Å². The SMILES string of the molecule is CC[C@@H](NC(=O)c1ccco1)c1ccc(OC)c(C)c1. The summed E-state index contributed by atoms with van der Waals surface area (Å²) in [5.41, 5.74) is 2.11. The minimum absolute atomic E-state index is 0.0443. The molecule has 0 unspecified atom stereocenters. The summed E-state index contributed by atoms with van der Waals surface area (Å²) >= 11 is 0. The summed E-state index contributed by atoms with van der Waals surface area (Å²) in [6.07, 6.45) is 2.30. The standard InChI is InChI=1S/C16H19NO3/c1-4-13(17-16(18)15-6-5-9-20-15)12-7-8-14(19-3)11(2)10-12/h5-10,13H,4H2,1-3H3,(H,17,18)/t13-/m1/s1. The molecule has 0 bridgehead atoms. The van der Waals surface area contributed by atoms with Crippen LogP contribution in [0.15, 0.2) is 41.0 Å². The van der Waals surface area contributed by atoms with Gasteiger partial charge in [0.2, 0.25) is 0 Å². The zero-order valence-corrected chi connectivity index (χ0v) is 12.0. The summed E-state index contributed by atoms with van der Waals surface area (Å²) in [6.45, 7) is 4.02. The highest BCUT2D eigenvalue weighted by atomic mass is 16.5. The molecule has 0 aliphatic heterocycles. The Bertz CT molecular complexity index is 575. The van der Waals surface area contributed by atoms with Crippen LogP contribution in [-0.4, -0.2) is 13.0 Å². The maximum absolute atomic E-state index is 12.0. The largest absolute Gasteiger partial charge is 0.496 e. The van der Waals surface area contributed by atoms with Crippen molar-refractivity contribution in [2.75, 3.05) is 7.11 Å². The highest BCUT2D eigenvalue weighted by Crippen LogP contribution is 2.24. The molecule has 2 aromatic rings. The summed E-state index contributed by atoms with van der Waals surface area (Å²) in [5, 5.41) is 2.98. The Morgan fingerprint density at radius 1 is 1.40 bits per heavy atom. The van der Waals surface area contributed by atoms with Crippen LogP contribution in [0.3, 0.4) is 0 Å². The van der Waals surface area contributed by atoms with Crippen molar-refractivity contribution in [2.24, 2.45) is 0 Å². The maximum Gasteiger partial charge on any atom is 0.287 e. The van der Waals surface area contributed by atoms with E-state index in [2.05, 4.69) is 5.32 Å². The summed E-state index contributed by atoms with van der Waals surface area (Å²) < 4.78 is 10.4. The third-order valence-corrected chi connectivity index (χ3v) is 3.28. The molecule has 106 valence electrons. The Morgan fingerprint density at radius 3 is 2.75 bits per heavy atom. The molecule has 1 aromatic heterocycles. The molecule has 2 rings (SSSR count). The van der Waals surface area contributed by atoms with Crippen LogP contribution in [0.25, 0.3) is 0 Å². The summed E-state index contributed by atoms with van der Waals surface area (Å²) in [4.78, 5) is 12.0. The normalized spacial score (nSPS) is 11.9. The van der Waals surface area contributed by atoms with E-state index in [0.29, 0.717) is 5.76 Å². The topological polar surface area (TPSA) is 51.5 Å². The van der Waals surface area contributed by atoms with Crippen LogP contribution in [-0.2, 0) is 0 Å². The molecule has 0 spiro atoms. The second kappa shape index (κ2) is 6.28. The number of benzene rings is 1. The third kappa shape index (κ3) is 3.02. The van der Waals surface area contributed by atoms with Gasteiger partial charge in [-0.15, -0.1) is 0 Å². The summed E-state index contributed by atoms with van der Waals surface area (Å²) in [7, 11) is 1.65. The Kier molecular flexibility index (Phi) is 4.45. The number of aryl methyl sites for hydroxylation is 1. The second-order valence-electron chi connectivity index (χ2n) is 4.64. The Hall–Kier alpha value is -2.23. The van der Waals surface area contributed by atoms with Gasteiger partial charge in [-0.25, -0.2) is 0 Å². The van der Waals surface area contributed by atoms with Gasteiger partial charge in [0, 0.05) is 0 Å². The molecule has 1 amide bonds. The number of carbonyl (C=O) groups excluding carboxylic acids is 1. The van der Waals surface area contributed by atoms with Crippen LogP contribution in [0.1, 0.15) is 41.1 Å². The van der Waals surface area contributed by atoms with Gasteiger partial charge >= 0.3 is 0 Å². The molecule has 4 heteroatoms. The second-order valence-corrected chi connectivity index (χ2v) is 4.64. The number of carbonyl (C=O) groups is 1. The van der Waals surface area contributed by atoms with E-state index in [1.807, 2.05) is 32.0 Å². The molecule has 4 nitrogen and oxygen atoms in total. The monoisotopic (exact) mass is 273 g/mol. The van der Waals surface area contributed by atoms with Gasteiger partial charge in [0.05, 0.1) is 19.4 Å². The highest BCUT2D eigenvalue weighted by Gasteiger charge is 2.16. The Labute approximate surface area is 118 Å². The lowest BCUT2D eigenvalue weighted by molar-refractivity contribution is 0.0907. The van der Waals surface area contributed by atoms with E-state index in [0.717, 1.165) is 23.3 Å². The van der Waals surface area contributed by atoms with Crippen molar-refractivity contribution in [3.05, 3.63) is 53.5 Å². The smallest absolute Gasteiger partial charge is 0.287 e. The molecular weight excluding hydrogens is 254 g/mol. The molecule has 0 fully saturated rings. The van der Waals surface area contributed by atoms with E-state index >= 15 is 0 Å². The fraction of sp³-hybridized carbons (Fsp3) is 0.312. The lowest BCUT2D eigenvalue weighted by Crippen LogP contribution is -2.27. The van der Waals surface area contributed by atoms with Gasteiger partial charge in [0.15, 0.2) is 5.76 Å². The van der Waals surface area contributed by atoms with E-state index in [1.165, 1.54) is 6.26 Å². The van der Waals surface area contributed by atoms with E-state index in [4.69, 9.17) is 9.15 Å². The lowest BCUT2D eigenvalue weighted by Gasteiger charge is -2.18. The summed E-state index contributed by atoms with van der Waals surface area (Å²) in [5.74, 6) is 0.977. The average Bonchev–Trinajstić information content (AvgIpc) is 2.98. The number of rotatable bonds is 5. The Morgan fingerprint density at radius 2 is 2.20 bits per heavy atom. The number of furan rings is 1. The van der Waals surface area contributed by atoms with Gasteiger partial charge in [-0.3, -0.25) is 4.79 Å². The maximum atomic E-state index is 12.0. The van der Waals surface area contributed by atoms with Crippen molar-refractivity contribution >= 4 is 5.91 Å². The van der Waals surface area contributed by atoms with Gasteiger partial charge in [-0.05, 0) is 42.7 Å². The molecular formula is C16H19NO3. The number of ether oxygens (including phenoxy) is 1.